The highest BCUT2D eigenvalue weighted by molar-refractivity contribution is 7.80. The molecule has 2 aromatic carbocycles. The van der Waals surface area contributed by atoms with Crippen LogP contribution in [0.3, 0.4) is 0 Å². The summed E-state index contributed by atoms with van der Waals surface area (Å²) in [6.07, 6.45) is 11.8. The van der Waals surface area contributed by atoms with Crippen LogP contribution in [0.2, 0.25) is 0 Å². The van der Waals surface area contributed by atoms with Crippen molar-refractivity contribution in [3.63, 3.8) is 0 Å². The molecular weight excluding hydrogens is 576 g/mol. The lowest BCUT2D eigenvalue weighted by molar-refractivity contribution is -0.121. The summed E-state index contributed by atoms with van der Waals surface area (Å²) in [6, 6.07) is 15.8. The first-order valence-electron chi connectivity index (χ1n) is 16.2. The van der Waals surface area contributed by atoms with E-state index in [9.17, 15) is 14.4 Å². The van der Waals surface area contributed by atoms with E-state index >= 15 is 0 Å². The average molecular weight is 629 g/mol. The van der Waals surface area contributed by atoms with Crippen molar-refractivity contribution >= 4 is 30.2 Å². The Labute approximate surface area is 269 Å². The third kappa shape index (κ3) is 18.2. The summed E-state index contributed by atoms with van der Waals surface area (Å²) in [6.45, 7) is 4.22. The number of benzene rings is 2. The van der Waals surface area contributed by atoms with E-state index in [0.29, 0.717) is 82.3 Å². The van der Waals surface area contributed by atoms with Crippen LogP contribution in [0, 0.1) is 0 Å². The van der Waals surface area contributed by atoms with Crippen LogP contribution in [0.5, 0.6) is 0 Å². The predicted octanol–water partition coefficient (Wildman–Crippen LogP) is 6.03. The molecule has 0 bridgehead atoms. The SMILES string of the molecule is O=C(CCCCCCCCCCS)NCCCOCCOCCOCCCNC(=O)c1ccc(C(=O)c2ccccc2)cc1. The van der Waals surface area contributed by atoms with Gasteiger partial charge in [-0.1, -0.05) is 81.0 Å². The van der Waals surface area contributed by atoms with Crippen molar-refractivity contribution in [1.82, 2.24) is 10.6 Å². The Bertz CT molecular complexity index is 1040. The number of nitrogens with one attached hydrogen (secondary N) is 2. The summed E-state index contributed by atoms with van der Waals surface area (Å²) in [4.78, 5) is 36.7. The molecule has 8 nitrogen and oxygen atoms in total. The Balaban J connectivity index is 1.32. The fourth-order valence-electron chi connectivity index (χ4n) is 4.50. The van der Waals surface area contributed by atoms with Gasteiger partial charge in [0.1, 0.15) is 0 Å². The van der Waals surface area contributed by atoms with Gasteiger partial charge in [-0.3, -0.25) is 14.4 Å². The molecule has 9 heteroatoms. The smallest absolute Gasteiger partial charge is 0.251 e. The number of carbonyl (C=O) groups is 3. The van der Waals surface area contributed by atoms with E-state index in [4.69, 9.17) is 14.2 Å². The van der Waals surface area contributed by atoms with Gasteiger partial charge >= 0.3 is 0 Å². The van der Waals surface area contributed by atoms with E-state index in [-0.39, 0.29) is 17.6 Å². The monoisotopic (exact) mass is 628 g/mol. The molecular formula is C35H52N2O6S. The van der Waals surface area contributed by atoms with Crippen molar-refractivity contribution < 1.29 is 28.6 Å². The van der Waals surface area contributed by atoms with Gasteiger partial charge in [-0.25, -0.2) is 0 Å². The second kappa shape index (κ2) is 25.6. The maximum Gasteiger partial charge on any atom is 0.251 e. The van der Waals surface area contributed by atoms with Crippen molar-refractivity contribution in [3.8, 4) is 0 Å². The van der Waals surface area contributed by atoms with E-state index < -0.39 is 0 Å². The standard InChI is InChI=1S/C35H52N2O6S/c38-33(16-10-5-3-1-2-4-6-11-29-44)36-21-12-23-41-25-27-43-28-26-42-24-13-22-37-35(40)32-19-17-31(18-20-32)34(39)30-14-8-7-9-15-30/h7-9,14-15,17-20,44H,1-6,10-13,16,21-29H2,(H,36,38)(H,37,40). The molecule has 0 fully saturated rings. The lowest BCUT2D eigenvalue weighted by Crippen LogP contribution is -2.25. The third-order valence-corrected chi connectivity index (χ3v) is 7.36. The molecule has 0 aromatic heterocycles. The molecule has 2 aromatic rings. The number of unbranched alkanes of at least 4 members (excludes halogenated alkanes) is 7. The fourth-order valence-corrected chi connectivity index (χ4v) is 4.72. The number of hydrogen-bond donors (Lipinski definition) is 3. The van der Waals surface area contributed by atoms with Crippen LogP contribution in [0.1, 0.15) is 96.9 Å². The molecule has 0 unspecified atom stereocenters. The number of rotatable bonds is 27. The van der Waals surface area contributed by atoms with Gasteiger partial charge in [-0.2, -0.15) is 12.6 Å². The molecule has 2 N–H and O–H groups in total. The zero-order valence-corrected chi connectivity index (χ0v) is 27.1. The molecule has 44 heavy (non-hydrogen) atoms. The number of hydrogen-bond acceptors (Lipinski definition) is 7. The van der Waals surface area contributed by atoms with Gasteiger partial charge < -0.3 is 24.8 Å². The molecule has 0 saturated heterocycles. The van der Waals surface area contributed by atoms with Gasteiger partial charge in [0, 0.05) is 49.4 Å². The highest BCUT2D eigenvalue weighted by Crippen LogP contribution is 2.12. The number of amides is 2. The summed E-state index contributed by atoms with van der Waals surface area (Å²) < 4.78 is 16.6. The maximum atomic E-state index is 12.5. The topological polar surface area (TPSA) is 103 Å². The number of carbonyl (C=O) groups excluding carboxylic acids is 3. The van der Waals surface area contributed by atoms with E-state index in [2.05, 4.69) is 23.3 Å². The summed E-state index contributed by atoms with van der Waals surface area (Å²) in [5.74, 6) is 0.872. The number of thiol groups is 1. The van der Waals surface area contributed by atoms with Gasteiger partial charge in [-0.05, 0) is 43.6 Å². The van der Waals surface area contributed by atoms with Crippen molar-refractivity contribution in [2.45, 2.75) is 70.6 Å². The van der Waals surface area contributed by atoms with Crippen LogP contribution < -0.4 is 10.6 Å². The lowest BCUT2D eigenvalue weighted by Gasteiger charge is -2.08. The Kier molecular flexibility index (Phi) is 21.8. The van der Waals surface area contributed by atoms with Crippen LogP contribution in [-0.4, -0.2) is 76.1 Å². The van der Waals surface area contributed by atoms with Crippen molar-refractivity contribution in [1.29, 1.82) is 0 Å². The number of ketones is 1. The summed E-state index contributed by atoms with van der Waals surface area (Å²) in [5.41, 5.74) is 1.68. The second-order valence-electron chi connectivity index (χ2n) is 10.7. The Morgan fingerprint density at radius 1 is 0.523 bits per heavy atom. The first-order chi connectivity index (χ1) is 21.6. The average Bonchev–Trinajstić information content (AvgIpc) is 3.05. The second-order valence-corrected chi connectivity index (χ2v) is 11.2. The normalized spacial score (nSPS) is 10.9. The van der Waals surface area contributed by atoms with Gasteiger partial charge in [0.15, 0.2) is 5.78 Å². The summed E-state index contributed by atoms with van der Waals surface area (Å²) in [7, 11) is 0. The molecule has 0 saturated carbocycles. The van der Waals surface area contributed by atoms with Crippen LogP contribution in [0.15, 0.2) is 54.6 Å². The molecule has 0 aliphatic rings. The molecule has 2 amide bonds. The Morgan fingerprint density at radius 3 is 1.59 bits per heavy atom. The molecule has 0 heterocycles. The minimum absolute atomic E-state index is 0.0680. The molecule has 0 aliphatic carbocycles. The van der Waals surface area contributed by atoms with E-state index in [1.165, 1.54) is 38.5 Å². The quantitative estimate of drug-likeness (QED) is 0.0634. The van der Waals surface area contributed by atoms with E-state index in [1.807, 2.05) is 18.2 Å². The van der Waals surface area contributed by atoms with E-state index in [0.717, 1.165) is 25.0 Å². The highest BCUT2D eigenvalue weighted by atomic mass is 32.1. The highest BCUT2D eigenvalue weighted by Gasteiger charge is 2.10. The van der Waals surface area contributed by atoms with Crippen LogP contribution in [0.4, 0.5) is 0 Å². The summed E-state index contributed by atoms with van der Waals surface area (Å²) >= 11 is 4.23. The van der Waals surface area contributed by atoms with Gasteiger partial charge in [0.2, 0.25) is 5.91 Å². The van der Waals surface area contributed by atoms with Gasteiger partial charge in [0.25, 0.3) is 5.91 Å². The minimum Gasteiger partial charge on any atom is -0.379 e. The van der Waals surface area contributed by atoms with Crippen molar-refractivity contribution in [3.05, 3.63) is 71.3 Å². The molecule has 0 spiro atoms. The Morgan fingerprint density at radius 2 is 1.00 bits per heavy atom. The predicted molar refractivity (Wildman–Crippen MR) is 179 cm³/mol. The lowest BCUT2D eigenvalue weighted by atomic mass is 10.0. The van der Waals surface area contributed by atoms with Crippen molar-refractivity contribution in [2.75, 3.05) is 58.5 Å². The van der Waals surface area contributed by atoms with Crippen molar-refractivity contribution in [2.24, 2.45) is 0 Å². The van der Waals surface area contributed by atoms with E-state index in [1.54, 1.807) is 36.4 Å². The molecule has 2 rings (SSSR count). The molecule has 0 radical (unpaired) electrons. The first kappa shape index (κ1) is 37.5. The molecule has 0 atom stereocenters. The zero-order chi connectivity index (χ0) is 31.5. The molecule has 0 aliphatic heterocycles. The minimum atomic E-state index is -0.179. The van der Waals surface area contributed by atoms with Crippen LogP contribution in [-0.2, 0) is 19.0 Å². The summed E-state index contributed by atoms with van der Waals surface area (Å²) in [5, 5.41) is 5.84. The first-order valence-corrected chi connectivity index (χ1v) is 16.8. The molecule has 244 valence electrons. The van der Waals surface area contributed by atoms with Crippen LogP contribution in [0.25, 0.3) is 0 Å². The number of ether oxygens (including phenoxy) is 3. The van der Waals surface area contributed by atoms with Gasteiger partial charge in [0.05, 0.1) is 26.4 Å². The largest absolute Gasteiger partial charge is 0.379 e. The third-order valence-electron chi connectivity index (χ3n) is 7.04. The zero-order valence-electron chi connectivity index (χ0n) is 26.2. The maximum absolute atomic E-state index is 12.5. The van der Waals surface area contributed by atoms with Gasteiger partial charge in [-0.15, -0.1) is 0 Å². The fraction of sp³-hybridized carbons (Fsp3) is 0.571. The van der Waals surface area contributed by atoms with Crippen LogP contribution >= 0.6 is 12.6 Å². The Hall–Kier alpha value is -2.72.